The quantitative estimate of drug-likeness (QED) is 0.554. The maximum Gasteiger partial charge on any atom is 0.150 e. The molecule has 0 saturated heterocycles. The third-order valence-electron chi connectivity index (χ3n) is 1.83. The van der Waals surface area contributed by atoms with Crippen LogP contribution >= 0.6 is 11.6 Å². The molecule has 0 aliphatic heterocycles. The molecule has 2 nitrogen and oxygen atoms in total. The zero-order valence-corrected chi connectivity index (χ0v) is 8.88. The van der Waals surface area contributed by atoms with Crippen LogP contribution in [0.5, 0.6) is 5.75 Å². The maximum absolute atomic E-state index is 10.5. The highest BCUT2D eigenvalue weighted by atomic mass is 35.5. The largest absolute Gasteiger partial charge is 0.493 e. The van der Waals surface area contributed by atoms with Crippen molar-refractivity contribution < 1.29 is 9.53 Å². The zero-order valence-electron chi connectivity index (χ0n) is 8.13. The van der Waals surface area contributed by atoms with Crippen LogP contribution in [-0.4, -0.2) is 12.9 Å². The molecule has 0 saturated carbocycles. The predicted molar refractivity (Wildman–Crippen MR) is 57.2 cm³/mol. The lowest BCUT2D eigenvalue weighted by Gasteiger charge is -2.09. The van der Waals surface area contributed by atoms with Gasteiger partial charge in [-0.15, -0.1) is 11.6 Å². The predicted octanol–water partition coefficient (Wildman–Crippen LogP) is 3.03. The van der Waals surface area contributed by atoms with Crippen LogP contribution in [0.3, 0.4) is 0 Å². The summed E-state index contributed by atoms with van der Waals surface area (Å²) >= 11 is 5.74. The normalized spacial score (nSPS) is 9.86. The number of halogens is 1. The van der Waals surface area contributed by atoms with Crippen LogP contribution in [0.4, 0.5) is 0 Å². The highest BCUT2D eigenvalue weighted by Gasteiger charge is 2.03. The van der Waals surface area contributed by atoms with Gasteiger partial charge in [-0.05, 0) is 12.5 Å². The lowest BCUT2D eigenvalue weighted by atomic mass is 10.1. The van der Waals surface area contributed by atoms with E-state index in [1.807, 2.05) is 13.0 Å². The number of ether oxygens (including phenoxy) is 1. The SMILES string of the molecule is CCCOc1cc(C=O)ccc1CCl. The van der Waals surface area contributed by atoms with E-state index in [1.54, 1.807) is 12.1 Å². The van der Waals surface area contributed by atoms with Gasteiger partial charge >= 0.3 is 0 Å². The van der Waals surface area contributed by atoms with Crippen LogP contribution in [0, 0.1) is 0 Å². The van der Waals surface area contributed by atoms with E-state index in [1.165, 1.54) is 0 Å². The number of carbonyl (C=O) groups excluding carboxylic acids is 1. The first-order valence-electron chi connectivity index (χ1n) is 4.58. The smallest absolute Gasteiger partial charge is 0.150 e. The van der Waals surface area contributed by atoms with Crippen LogP contribution < -0.4 is 4.74 Å². The molecule has 0 N–H and O–H groups in total. The van der Waals surface area contributed by atoms with Crippen molar-refractivity contribution in [3.05, 3.63) is 29.3 Å². The second-order valence-electron chi connectivity index (χ2n) is 2.97. The number of alkyl halides is 1. The Morgan fingerprint density at radius 2 is 2.29 bits per heavy atom. The summed E-state index contributed by atoms with van der Waals surface area (Å²) in [5.41, 5.74) is 1.54. The van der Waals surface area contributed by atoms with Gasteiger partial charge in [-0.2, -0.15) is 0 Å². The third-order valence-corrected chi connectivity index (χ3v) is 2.12. The van der Waals surface area contributed by atoms with Crippen LogP contribution in [0.15, 0.2) is 18.2 Å². The molecule has 0 aliphatic carbocycles. The van der Waals surface area contributed by atoms with E-state index in [0.717, 1.165) is 18.3 Å². The third kappa shape index (κ3) is 2.74. The highest BCUT2D eigenvalue weighted by Crippen LogP contribution is 2.21. The Labute approximate surface area is 88.8 Å². The Balaban J connectivity index is 2.89. The molecule has 76 valence electrons. The molecule has 0 fully saturated rings. The molecule has 1 rings (SSSR count). The summed E-state index contributed by atoms with van der Waals surface area (Å²) in [6.07, 6.45) is 1.74. The van der Waals surface area contributed by atoms with E-state index in [4.69, 9.17) is 16.3 Å². The summed E-state index contributed by atoms with van der Waals surface area (Å²) in [6, 6.07) is 5.28. The van der Waals surface area contributed by atoms with E-state index in [-0.39, 0.29) is 0 Å². The molecule has 0 spiro atoms. The van der Waals surface area contributed by atoms with Crippen LogP contribution in [0.1, 0.15) is 29.3 Å². The van der Waals surface area contributed by atoms with Gasteiger partial charge in [0, 0.05) is 11.1 Å². The molecular weight excluding hydrogens is 200 g/mol. The number of aldehydes is 1. The number of benzene rings is 1. The summed E-state index contributed by atoms with van der Waals surface area (Å²) < 4.78 is 5.48. The molecule has 1 aromatic rings. The Morgan fingerprint density at radius 1 is 1.50 bits per heavy atom. The van der Waals surface area contributed by atoms with E-state index in [0.29, 0.717) is 23.8 Å². The number of carbonyl (C=O) groups is 1. The summed E-state index contributed by atoms with van der Waals surface area (Å²) in [4.78, 5) is 10.5. The molecule has 0 bridgehead atoms. The first kappa shape index (κ1) is 11.1. The Kier molecular flexibility index (Phi) is 4.47. The summed E-state index contributed by atoms with van der Waals surface area (Å²) in [5, 5.41) is 0. The van der Waals surface area contributed by atoms with Crippen LogP contribution in [0.25, 0.3) is 0 Å². The molecule has 0 atom stereocenters. The molecule has 0 aromatic heterocycles. The topological polar surface area (TPSA) is 26.3 Å². The van der Waals surface area contributed by atoms with Crippen LogP contribution in [0.2, 0.25) is 0 Å². The Hall–Kier alpha value is -1.02. The van der Waals surface area contributed by atoms with Crippen molar-refractivity contribution >= 4 is 17.9 Å². The van der Waals surface area contributed by atoms with Gasteiger partial charge in [0.05, 0.1) is 12.5 Å². The van der Waals surface area contributed by atoms with Gasteiger partial charge in [-0.25, -0.2) is 0 Å². The molecule has 14 heavy (non-hydrogen) atoms. The maximum atomic E-state index is 10.5. The van der Waals surface area contributed by atoms with Crippen molar-refractivity contribution in [1.29, 1.82) is 0 Å². The average molecular weight is 213 g/mol. The first-order valence-corrected chi connectivity index (χ1v) is 5.12. The minimum atomic E-state index is 0.401. The molecule has 0 unspecified atom stereocenters. The monoisotopic (exact) mass is 212 g/mol. The minimum Gasteiger partial charge on any atom is -0.493 e. The molecule has 0 aliphatic rings. The number of rotatable bonds is 5. The lowest BCUT2D eigenvalue weighted by Crippen LogP contribution is -1.98. The fraction of sp³-hybridized carbons (Fsp3) is 0.364. The van der Waals surface area contributed by atoms with E-state index in [2.05, 4.69) is 0 Å². The Bertz CT molecular complexity index is 310. The van der Waals surface area contributed by atoms with Crippen molar-refractivity contribution in [2.45, 2.75) is 19.2 Å². The molecule has 1 aromatic carbocycles. The number of hydrogen-bond acceptors (Lipinski definition) is 2. The second kappa shape index (κ2) is 5.66. The zero-order chi connectivity index (χ0) is 10.4. The van der Waals surface area contributed by atoms with E-state index < -0.39 is 0 Å². The van der Waals surface area contributed by atoms with E-state index >= 15 is 0 Å². The average Bonchev–Trinajstić information content (AvgIpc) is 2.25. The summed E-state index contributed by atoms with van der Waals surface area (Å²) in [5.74, 6) is 1.12. The summed E-state index contributed by atoms with van der Waals surface area (Å²) in [6.45, 7) is 2.68. The van der Waals surface area contributed by atoms with Gasteiger partial charge in [-0.3, -0.25) is 4.79 Å². The molecule has 0 amide bonds. The van der Waals surface area contributed by atoms with Crippen molar-refractivity contribution in [3.63, 3.8) is 0 Å². The molecule has 3 heteroatoms. The van der Waals surface area contributed by atoms with Gasteiger partial charge < -0.3 is 4.74 Å². The fourth-order valence-corrected chi connectivity index (χ4v) is 1.32. The van der Waals surface area contributed by atoms with Crippen molar-refractivity contribution in [2.24, 2.45) is 0 Å². The van der Waals surface area contributed by atoms with Crippen LogP contribution in [-0.2, 0) is 5.88 Å². The molecule has 0 heterocycles. The van der Waals surface area contributed by atoms with Gasteiger partial charge in [-0.1, -0.05) is 19.1 Å². The highest BCUT2D eigenvalue weighted by molar-refractivity contribution is 6.17. The van der Waals surface area contributed by atoms with E-state index in [9.17, 15) is 4.79 Å². The molecular formula is C11H13ClO2. The fourth-order valence-electron chi connectivity index (χ4n) is 1.10. The van der Waals surface area contributed by atoms with Crippen molar-refractivity contribution in [1.82, 2.24) is 0 Å². The second-order valence-corrected chi connectivity index (χ2v) is 3.23. The van der Waals surface area contributed by atoms with Gasteiger partial charge in [0.2, 0.25) is 0 Å². The van der Waals surface area contributed by atoms with Crippen molar-refractivity contribution in [3.8, 4) is 5.75 Å². The lowest BCUT2D eigenvalue weighted by molar-refractivity contribution is 0.112. The molecule has 0 radical (unpaired) electrons. The summed E-state index contributed by atoms with van der Waals surface area (Å²) in [7, 11) is 0. The standard InChI is InChI=1S/C11H13ClO2/c1-2-5-14-11-6-9(8-13)3-4-10(11)7-12/h3-4,6,8H,2,5,7H2,1H3. The Morgan fingerprint density at radius 3 is 2.86 bits per heavy atom. The van der Waals surface area contributed by atoms with Gasteiger partial charge in [0.1, 0.15) is 12.0 Å². The van der Waals surface area contributed by atoms with Crippen molar-refractivity contribution in [2.75, 3.05) is 6.61 Å². The van der Waals surface area contributed by atoms with Gasteiger partial charge in [0.25, 0.3) is 0 Å². The number of hydrogen-bond donors (Lipinski definition) is 0. The first-order chi connectivity index (χ1) is 6.81. The van der Waals surface area contributed by atoms with Gasteiger partial charge in [0.15, 0.2) is 0 Å². The minimum absolute atomic E-state index is 0.401.